The first kappa shape index (κ1) is 19.8. The van der Waals surface area contributed by atoms with Crippen molar-refractivity contribution in [3.8, 4) is 11.4 Å². The van der Waals surface area contributed by atoms with Gasteiger partial charge in [0.2, 0.25) is 10.0 Å². The molecule has 5 rings (SSSR count). The number of sulfone groups is 1. The molecule has 12 nitrogen and oxygen atoms in total. The Labute approximate surface area is 172 Å². The molecule has 1 saturated carbocycles. The van der Waals surface area contributed by atoms with Gasteiger partial charge in [0, 0.05) is 38.5 Å². The Morgan fingerprint density at radius 1 is 1.17 bits per heavy atom. The summed E-state index contributed by atoms with van der Waals surface area (Å²) in [7, 11) is -8.38. The number of aromatic amines is 1. The standard InChI is InChI=1S/C16H21N7O5S2/c17-30(27,28)15-13(29(25,26)8-3-18-4-8)2-1-12(14(15)16-19-21-22-20-16)23-5-9-10(6-23)11(9)7-24/h1-2,8-11,18,24H,3-7H2,(H2,17,27,28)(H,19,20,21,22). The van der Waals surface area contributed by atoms with Gasteiger partial charge < -0.3 is 15.3 Å². The highest BCUT2D eigenvalue weighted by Gasteiger charge is 2.55. The number of nitrogens with zero attached hydrogens (tertiary/aromatic N) is 4. The van der Waals surface area contributed by atoms with Gasteiger partial charge in [-0.3, -0.25) is 0 Å². The van der Waals surface area contributed by atoms with E-state index in [0.29, 0.717) is 30.6 Å². The van der Waals surface area contributed by atoms with E-state index in [0.717, 1.165) is 0 Å². The van der Waals surface area contributed by atoms with Crippen molar-refractivity contribution in [1.82, 2.24) is 25.9 Å². The summed E-state index contributed by atoms with van der Waals surface area (Å²) in [5.41, 5.74) is 0.546. The molecule has 3 aliphatic rings. The molecule has 3 fully saturated rings. The van der Waals surface area contributed by atoms with Crippen molar-refractivity contribution in [3.63, 3.8) is 0 Å². The number of benzene rings is 1. The molecule has 2 unspecified atom stereocenters. The Morgan fingerprint density at radius 3 is 2.37 bits per heavy atom. The molecular formula is C16H21N7O5S2. The van der Waals surface area contributed by atoms with Crippen LogP contribution in [-0.4, -0.2) is 80.6 Å². The summed E-state index contributed by atoms with van der Waals surface area (Å²) in [6, 6.07) is 2.90. The predicted octanol–water partition coefficient (Wildman–Crippen LogP) is -2.07. The fourth-order valence-corrected chi connectivity index (χ4v) is 7.78. The largest absolute Gasteiger partial charge is 0.396 e. The molecule has 0 amide bonds. The Hall–Kier alpha value is -2.13. The molecule has 14 heteroatoms. The van der Waals surface area contributed by atoms with E-state index in [4.69, 9.17) is 5.14 Å². The molecule has 3 heterocycles. The van der Waals surface area contributed by atoms with Crippen LogP contribution >= 0.6 is 0 Å². The van der Waals surface area contributed by atoms with Crippen LogP contribution in [0, 0.1) is 17.8 Å². The van der Waals surface area contributed by atoms with Crippen LogP contribution in [0.15, 0.2) is 21.9 Å². The van der Waals surface area contributed by atoms with E-state index >= 15 is 0 Å². The summed E-state index contributed by atoms with van der Waals surface area (Å²) in [4.78, 5) is 1.13. The van der Waals surface area contributed by atoms with E-state index in [2.05, 4.69) is 25.9 Å². The van der Waals surface area contributed by atoms with Crippen LogP contribution in [0.4, 0.5) is 5.69 Å². The molecule has 30 heavy (non-hydrogen) atoms. The number of aromatic nitrogens is 4. The van der Waals surface area contributed by atoms with Crippen molar-refractivity contribution < 1.29 is 21.9 Å². The zero-order chi connectivity index (χ0) is 21.3. The van der Waals surface area contributed by atoms with Crippen LogP contribution in [-0.2, 0) is 19.9 Å². The molecule has 0 spiro atoms. The molecule has 1 aromatic heterocycles. The lowest BCUT2D eigenvalue weighted by atomic mass is 10.1. The van der Waals surface area contributed by atoms with Crippen molar-refractivity contribution in [1.29, 1.82) is 0 Å². The molecule has 1 aromatic carbocycles. The molecular weight excluding hydrogens is 434 g/mol. The van der Waals surface area contributed by atoms with Crippen molar-refractivity contribution in [2.24, 2.45) is 22.9 Å². The molecule has 2 aromatic rings. The third-order valence-corrected chi connectivity index (χ3v) is 9.67. The summed E-state index contributed by atoms with van der Waals surface area (Å²) in [5.74, 6) is 0.911. The van der Waals surface area contributed by atoms with Gasteiger partial charge in [0.1, 0.15) is 4.90 Å². The molecule has 162 valence electrons. The van der Waals surface area contributed by atoms with E-state index in [-0.39, 0.29) is 41.9 Å². The van der Waals surface area contributed by atoms with E-state index < -0.39 is 30.0 Å². The van der Waals surface area contributed by atoms with Gasteiger partial charge in [-0.1, -0.05) is 0 Å². The van der Waals surface area contributed by atoms with Crippen molar-refractivity contribution >= 4 is 25.5 Å². The summed E-state index contributed by atoms with van der Waals surface area (Å²) in [5, 5.41) is 30.5. The van der Waals surface area contributed by atoms with Crippen LogP contribution in [0.5, 0.6) is 0 Å². The average molecular weight is 456 g/mol. The number of aliphatic hydroxyl groups is 1. The lowest BCUT2D eigenvalue weighted by molar-refractivity contribution is 0.260. The number of rotatable bonds is 6. The maximum atomic E-state index is 13.1. The van der Waals surface area contributed by atoms with Crippen molar-refractivity contribution in [2.45, 2.75) is 15.0 Å². The normalized spacial score (nSPS) is 26.5. The molecule has 2 atom stereocenters. The van der Waals surface area contributed by atoms with Crippen molar-refractivity contribution in [2.75, 3.05) is 37.7 Å². The lowest BCUT2D eigenvalue weighted by Crippen LogP contribution is -2.51. The number of sulfonamides is 1. The van der Waals surface area contributed by atoms with Gasteiger partial charge >= 0.3 is 0 Å². The van der Waals surface area contributed by atoms with E-state index in [1.807, 2.05) is 4.90 Å². The third kappa shape index (κ3) is 2.93. The third-order valence-electron chi connectivity index (χ3n) is 6.38. The topological polar surface area (TPSA) is 184 Å². The number of tetrazole rings is 1. The molecule has 0 bridgehead atoms. The van der Waals surface area contributed by atoms with Gasteiger partial charge in [0.25, 0.3) is 0 Å². The summed E-state index contributed by atoms with van der Waals surface area (Å²) >= 11 is 0. The summed E-state index contributed by atoms with van der Waals surface area (Å²) in [6.45, 7) is 1.84. The molecule has 0 radical (unpaired) electrons. The van der Waals surface area contributed by atoms with E-state index in [1.165, 1.54) is 6.07 Å². The van der Waals surface area contributed by atoms with Crippen molar-refractivity contribution in [3.05, 3.63) is 12.1 Å². The monoisotopic (exact) mass is 455 g/mol. The number of H-pyrrole nitrogens is 1. The summed E-state index contributed by atoms with van der Waals surface area (Å²) < 4.78 is 51.5. The Kier molecular flexibility index (Phi) is 4.41. The number of nitrogens with one attached hydrogen (secondary N) is 2. The first-order chi connectivity index (χ1) is 14.2. The van der Waals surface area contributed by atoms with Crippen LogP contribution in [0.1, 0.15) is 0 Å². The second-order valence-corrected chi connectivity index (χ2v) is 11.7. The number of hydrogen-bond donors (Lipinski definition) is 4. The maximum Gasteiger partial charge on any atom is 0.240 e. The zero-order valence-corrected chi connectivity index (χ0v) is 17.4. The zero-order valence-electron chi connectivity index (χ0n) is 15.8. The molecule has 2 aliphatic heterocycles. The Balaban J connectivity index is 1.70. The van der Waals surface area contributed by atoms with Crippen LogP contribution in [0.3, 0.4) is 0 Å². The number of aliphatic hydroxyl groups excluding tert-OH is 1. The smallest absolute Gasteiger partial charge is 0.240 e. The highest BCUT2D eigenvalue weighted by molar-refractivity contribution is 7.94. The SMILES string of the molecule is NS(=O)(=O)c1c(S(=O)(=O)C2CNC2)ccc(N2CC3C(CO)C3C2)c1-c1nnn[nH]1. The van der Waals surface area contributed by atoms with Gasteiger partial charge in [-0.2, -0.15) is 0 Å². The number of primary sulfonamides is 1. The highest BCUT2D eigenvalue weighted by atomic mass is 32.2. The lowest BCUT2D eigenvalue weighted by Gasteiger charge is -2.29. The average Bonchev–Trinajstić information content (AvgIpc) is 3.05. The summed E-state index contributed by atoms with van der Waals surface area (Å²) in [6.07, 6.45) is 0. The predicted molar refractivity (Wildman–Crippen MR) is 105 cm³/mol. The van der Waals surface area contributed by atoms with Gasteiger partial charge in [-0.15, -0.1) is 5.10 Å². The second-order valence-electron chi connectivity index (χ2n) is 7.99. The number of nitrogens with two attached hydrogens (primary N) is 1. The Morgan fingerprint density at radius 2 is 1.87 bits per heavy atom. The van der Waals surface area contributed by atoms with Gasteiger partial charge in [0.15, 0.2) is 15.7 Å². The molecule has 2 saturated heterocycles. The van der Waals surface area contributed by atoms with Gasteiger partial charge in [-0.25, -0.2) is 27.1 Å². The fourth-order valence-electron chi connectivity index (χ4n) is 4.60. The van der Waals surface area contributed by atoms with Crippen LogP contribution < -0.4 is 15.4 Å². The Bertz CT molecular complexity index is 1180. The first-order valence-corrected chi connectivity index (χ1v) is 12.6. The maximum absolute atomic E-state index is 13.1. The number of hydrogen-bond acceptors (Lipinski definition) is 10. The number of anilines is 1. The minimum absolute atomic E-state index is 0.0251. The van der Waals surface area contributed by atoms with E-state index in [1.54, 1.807) is 6.07 Å². The number of fused-ring (bicyclic) bond motifs is 1. The highest BCUT2D eigenvalue weighted by Crippen LogP contribution is 2.53. The number of piperidine rings is 1. The van der Waals surface area contributed by atoms with Gasteiger partial charge in [0.05, 0.1) is 15.7 Å². The minimum Gasteiger partial charge on any atom is -0.396 e. The second kappa shape index (κ2) is 6.68. The van der Waals surface area contributed by atoms with Crippen LogP contribution in [0.25, 0.3) is 11.4 Å². The van der Waals surface area contributed by atoms with Crippen LogP contribution in [0.2, 0.25) is 0 Å². The minimum atomic E-state index is -4.44. The fraction of sp³-hybridized carbons (Fsp3) is 0.562. The quantitative estimate of drug-likeness (QED) is 0.377. The van der Waals surface area contributed by atoms with Gasteiger partial charge in [-0.05, 0) is 40.3 Å². The molecule has 1 aliphatic carbocycles. The molecule has 5 N–H and O–H groups in total. The van der Waals surface area contributed by atoms with E-state index in [9.17, 15) is 21.9 Å². The first-order valence-electron chi connectivity index (χ1n) is 9.47.